The second kappa shape index (κ2) is 5.77. The van der Waals surface area contributed by atoms with E-state index in [1.54, 1.807) is 0 Å². The third kappa shape index (κ3) is 2.83. The van der Waals surface area contributed by atoms with Crippen LogP contribution in [0.25, 0.3) is 0 Å². The van der Waals surface area contributed by atoms with E-state index in [4.69, 9.17) is 0 Å². The fraction of sp³-hybridized carbons (Fsp3) is 0.588. The Morgan fingerprint density at radius 1 is 1.16 bits per heavy atom. The van der Waals surface area contributed by atoms with Crippen LogP contribution in [-0.4, -0.2) is 12.5 Å². The van der Waals surface area contributed by atoms with Gasteiger partial charge < -0.3 is 4.90 Å². The van der Waals surface area contributed by atoms with Gasteiger partial charge in [0.25, 0.3) is 0 Å². The van der Waals surface area contributed by atoms with E-state index in [1.807, 2.05) is 11.0 Å². The smallest absolute Gasteiger partial charge is 0.227 e. The Balaban J connectivity index is 1.56. The number of anilines is 1. The van der Waals surface area contributed by atoms with Gasteiger partial charge in [-0.3, -0.25) is 4.79 Å². The number of carbonyl (C=O) groups excluding carboxylic acids is 1. The van der Waals surface area contributed by atoms with Gasteiger partial charge in [-0.25, -0.2) is 0 Å². The molecule has 1 aliphatic heterocycles. The van der Waals surface area contributed by atoms with Crippen molar-refractivity contribution in [1.29, 1.82) is 0 Å². The van der Waals surface area contributed by atoms with Crippen LogP contribution in [0.15, 0.2) is 24.3 Å². The van der Waals surface area contributed by atoms with Crippen molar-refractivity contribution in [2.45, 2.75) is 51.4 Å². The highest BCUT2D eigenvalue weighted by Crippen LogP contribution is 2.30. The van der Waals surface area contributed by atoms with E-state index < -0.39 is 0 Å². The Morgan fingerprint density at radius 3 is 2.79 bits per heavy atom. The van der Waals surface area contributed by atoms with Crippen LogP contribution in [0.3, 0.4) is 0 Å². The van der Waals surface area contributed by atoms with Gasteiger partial charge in [-0.05, 0) is 30.4 Å². The topological polar surface area (TPSA) is 20.3 Å². The van der Waals surface area contributed by atoms with Gasteiger partial charge in [0.2, 0.25) is 5.91 Å². The normalized spacial score (nSPS) is 19.5. The zero-order valence-corrected chi connectivity index (χ0v) is 11.6. The molecule has 0 radical (unpaired) electrons. The number of carbonyl (C=O) groups is 1. The molecule has 2 nitrogen and oxygen atoms in total. The van der Waals surface area contributed by atoms with Crippen LogP contribution in [0.4, 0.5) is 5.69 Å². The Kier molecular flexibility index (Phi) is 3.86. The predicted octanol–water partition coefficient (Wildman–Crippen LogP) is 3.94. The van der Waals surface area contributed by atoms with Gasteiger partial charge in [-0.15, -0.1) is 0 Å². The molecule has 0 unspecified atom stereocenters. The molecule has 3 rings (SSSR count). The predicted molar refractivity (Wildman–Crippen MR) is 78.3 cm³/mol. The minimum absolute atomic E-state index is 0.329. The van der Waals surface area contributed by atoms with Crippen molar-refractivity contribution in [2.75, 3.05) is 11.4 Å². The molecule has 1 aromatic carbocycles. The second-order valence-corrected chi connectivity index (χ2v) is 5.97. The first-order chi connectivity index (χ1) is 9.34. The van der Waals surface area contributed by atoms with Crippen molar-refractivity contribution in [3.05, 3.63) is 29.8 Å². The van der Waals surface area contributed by atoms with E-state index >= 15 is 0 Å². The molecule has 0 atom stereocenters. The van der Waals surface area contributed by atoms with Crippen LogP contribution in [0, 0.1) is 5.92 Å². The van der Waals surface area contributed by atoms with Gasteiger partial charge in [-0.2, -0.15) is 0 Å². The molecule has 1 amide bonds. The molecule has 0 aromatic heterocycles. The van der Waals surface area contributed by atoms with Crippen LogP contribution in [0.2, 0.25) is 0 Å². The van der Waals surface area contributed by atoms with Gasteiger partial charge in [0.15, 0.2) is 0 Å². The highest BCUT2D eigenvalue weighted by molar-refractivity contribution is 5.95. The van der Waals surface area contributed by atoms with Crippen molar-refractivity contribution in [2.24, 2.45) is 5.92 Å². The van der Waals surface area contributed by atoms with Crippen molar-refractivity contribution in [1.82, 2.24) is 0 Å². The van der Waals surface area contributed by atoms with E-state index in [0.29, 0.717) is 5.91 Å². The van der Waals surface area contributed by atoms with Crippen LogP contribution in [-0.2, 0) is 11.2 Å². The maximum atomic E-state index is 12.4. The summed E-state index contributed by atoms with van der Waals surface area (Å²) in [6, 6.07) is 8.32. The summed E-state index contributed by atoms with van der Waals surface area (Å²) in [4.78, 5) is 14.4. The molecular formula is C17H23NO. The molecule has 2 aliphatic rings. The van der Waals surface area contributed by atoms with E-state index in [9.17, 15) is 4.79 Å². The molecule has 0 saturated heterocycles. The zero-order valence-electron chi connectivity index (χ0n) is 11.6. The van der Waals surface area contributed by atoms with Gasteiger partial charge >= 0.3 is 0 Å². The number of nitrogens with zero attached hydrogens (tertiary/aromatic N) is 1. The van der Waals surface area contributed by atoms with Crippen molar-refractivity contribution >= 4 is 11.6 Å². The van der Waals surface area contributed by atoms with Gasteiger partial charge in [-0.1, -0.05) is 50.3 Å². The summed E-state index contributed by atoms with van der Waals surface area (Å²) >= 11 is 0. The van der Waals surface area contributed by atoms with E-state index in [2.05, 4.69) is 18.2 Å². The second-order valence-electron chi connectivity index (χ2n) is 5.97. The van der Waals surface area contributed by atoms with Crippen LogP contribution in [0.1, 0.15) is 50.5 Å². The number of hydrogen-bond donors (Lipinski definition) is 0. The molecule has 0 bridgehead atoms. The average Bonchev–Trinajstić information content (AvgIpc) is 2.90. The molecule has 0 N–H and O–H groups in total. The lowest BCUT2D eigenvalue weighted by atomic mass is 9.86. The molecule has 2 heteroatoms. The van der Waals surface area contributed by atoms with Crippen LogP contribution in [0.5, 0.6) is 0 Å². The molecule has 19 heavy (non-hydrogen) atoms. The van der Waals surface area contributed by atoms with E-state index in [-0.39, 0.29) is 0 Å². The maximum Gasteiger partial charge on any atom is 0.227 e. The first-order valence-electron chi connectivity index (χ1n) is 7.73. The van der Waals surface area contributed by atoms with E-state index in [0.717, 1.165) is 37.4 Å². The average molecular weight is 257 g/mol. The van der Waals surface area contributed by atoms with Gasteiger partial charge in [0.05, 0.1) is 0 Å². The lowest BCUT2D eigenvalue weighted by Gasteiger charge is -2.23. The first-order valence-corrected chi connectivity index (χ1v) is 7.73. The molecule has 1 aromatic rings. The molecule has 1 fully saturated rings. The summed E-state index contributed by atoms with van der Waals surface area (Å²) in [5.41, 5.74) is 2.48. The van der Waals surface area contributed by atoms with E-state index in [1.165, 1.54) is 37.7 Å². The lowest BCUT2D eigenvalue weighted by molar-refractivity contribution is -0.118. The monoisotopic (exact) mass is 257 g/mol. The Hall–Kier alpha value is -1.31. The van der Waals surface area contributed by atoms with Crippen LogP contribution >= 0.6 is 0 Å². The SMILES string of the molecule is O=C(CCC1CCCCC1)N1CCc2ccccc21. The maximum absolute atomic E-state index is 12.4. The number of para-hydroxylation sites is 1. The summed E-state index contributed by atoms with van der Waals surface area (Å²) < 4.78 is 0. The minimum atomic E-state index is 0.329. The van der Waals surface area contributed by atoms with Crippen molar-refractivity contribution in [3.8, 4) is 0 Å². The molecule has 102 valence electrons. The number of fused-ring (bicyclic) bond motifs is 1. The van der Waals surface area contributed by atoms with Gasteiger partial charge in [0.1, 0.15) is 0 Å². The van der Waals surface area contributed by atoms with Crippen molar-refractivity contribution in [3.63, 3.8) is 0 Å². The molecular weight excluding hydrogens is 234 g/mol. The summed E-state index contributed by atoms with van der Waals surface area (Å²) in [5, 5.41) is 0. The van der Waals surface area contributed by atoms with Crippen LogP contribution < -0.4 is 4.90 Å². The third-order valence-corrected chi connectivity index (χ3v) is 4.68. The fourth-order valence-electron chi connectivity index (χ4n) is 3.54. The Labute approximate surface area is 115 Å². The summed E-state index contributed by atoms with van der Waals surface area (Å²) in [6.07, 6.45) is 9.65. The zero-order chi connectivity index (χ0) is 13.1. The molecule has 1 heterocycles. The third-order valence-electron chi connectivity index (χ3n) is 4.68. The van der Waals surface area contributed by atoms with Crippen molar-refractivity contribution < 1.29 is 4.79 Å². The summed E-state index contributed by atoms with van der Waals surface area (Å²) in [5.74, 6) is 1.13. The molecule has 1 saturated carbocycles. The number of benzene rings is 1. The number of amides is 1. The Morgan fingerprint density at radius 2 is 1.95 bits per heavy atom. The Bertz CT molecular complexity index is 448. The minimum Gasteiger partial charge on any atom is -0.312 e. The molecule has 0 spiro atoms. The number of hydrogen-bond acceptors (Lipinski definition) is 1. The standard InChI is InChI=1S/C17H23NO/c19-17(11-10-14-6-2-1-3-7-14)18-13-12-15-8-4-5-9-16(15)18/h4-5,8-9,14H,1-3,6-7,10-13H2. The largest absolute Gasteiger partial charge is 0.312 e. The van der Waals surface area contributed by atoms with Gasteiger partial charge in [0, 0.05) is 18.7 Å². The summed E-state index contributed by atoms with van der Waals surface area (Å²) in [6.45, 7) is 0.878. The highest BCUT2D eigenvalue weighted by Gasteiger charge is 2.24. The first kappa shape index (κ1) is 12.7. The lowest BCUT2D eigenvalue weighted by Crippen LogP contribution is -2.29. The summed E-state index contributed by atoms with van der Waals surface area (Å²) in [7, 11) is 0. The molecule has 1 aliphatic carbocycles. The fourth-order valence-corrected chi connectivity index (χ4v) is 3.54. The highest BCUT2D eigenvalue weighted by atomic mass is 16.2. The number of rotatable bonds is 3. The quantitative estimate of drug-likeness (QED) is 0.803.